The molecule has 1 saturated carbocycles. The first-order valence-corrected chi connectivity index (χ1v) is 8.43. The first-order chi connectivity index (χ1) is 10.2. The second kappa shape index (κ2) is 6.64. The van der Waals surface area contributed by atoms with Gasteiger partial charge in [0.25, 0.3) is 0 Å². The molecule has 0 bridgehead atoms. The minimum Gasteiger partial charge on any atom is -0.166 e. The molecule has 0 atom stereocenters. The molecule has 0 spiro atoms. The third-order valence-electron chi connectivity index (χ3n) is 5.52. The fourth-order valence-electron chi connectivity index (χ4n) is 3.91. The van der Waals surface area contributed by atoms with Gasteiger partial charge in [-0.3, -0.25) is 0 Å². The second-order valence-corrected chi connectivity index (χ2v) is 7.30. The van der Waals surface area contributed by atoms with Gasteiger partial charge in [-0.15, -0.1) is 0 Å². The summed E-state index contributed by atoms with van der Waals surface area (Å²) in [6.45, 7) is 6.60. The Balaban J connectivity index is 2.07. The summed E-state index contributed by atoms with van der Waals surface area (Å²) in [4.78, 5) is 0. The lowest BCUT2D eigenvalue weighted by molar-refractivity contribution is -0.137. The lowest BCUT2D eigenvalue weighted by atomic mass is 9.65. The summed E-state index contributed by atoms with van der Waals surface area (Å²) >= 11 is 0. The molecule has 1 aliphatic carbocycles. The van der Waals surface area contributed by atoms with E-state index in [4.69, 9.17) is 0 Å². The van der Waals surface area contributed by atoms with Gasteiger partial charge in [-0.05, 0) is 47.8 Å². The summed E-state index contributed by atoms with van der Waals surface area (Å²) in [5.74, 6) is 1.42. The molecule has 0 aliphatic heterocycles. The number of alkyl halides is 3. The van der Waals surface area contributed by atoms with E-state index in [1.807, 2.05) is 0 Å². The number of hydrogen-bond donors (Lipinski definition) is 0. The monoisotopic (exact) mass is 312 g/mol. The first kappa shape index (κ1) is 17.4. The molecule has 0 aromatic heterocycles. The minimum absolute atomic E-state index is 0.0543. The molecule has 22 heavy (non-hydrogen) atoms. The van der Waals surface area contributed by atoms with E-state index in [1.165, 1.54) is 50.7 Å². The zero-order valence-electron chi connectivity index (χ0n) is 13.8. The molecule has 1 aliphatic rings. The van der Waals surface area contributed by atoms with Crippen LogP contribution in [0, 0.1) is 11.8 Å². The topological polar surface area (TPSA) is 0 Å². The maximum Gasteiger partial charge on any atom is 0.416 e. The average molecular weight is 312 g/mol. The largest absolute Gasteiger partial charge is 0.416 e. The Morgan fingerprint density at radius 2 is 1.41 bits per heavy atom. The zero-order chi connectivity index (χ0) is 16.4. The van der Waals surface area contributed by atoms with Crippen molar-refractivity contribution < 1.29 is 13.2 Å². The van der Waals surface area contributed by atoms with Crippen molar-refractivity contribution in [1.29, 1.82) is 0 Å². The number of halogens is 3. The van der Waals surface area contributed by atoms with Crippen LogP contribution in [0.3, 0.4) is 0 Å². The molecule has 1 fully saturated rings. The number of benzene rings is 1. The van der Waals surface area contributed by atoms with E-state index in [9.17, 15) is 13.2 Å². The normalized spacial score (nSPS) is 23.5. The van der Waals surface area contributed by atoms with Crippen molar-refractivity contribution in [3.8, 4) is 0 Å². The first-order valence-electron chi connectivity index (χ1n) is 8.43. The van der Waals surface area contributed by atoms with E-state index >= 15 is 0 Å². The molecule has 0 heterocycles. The van der Waals surface area contributed by atoms with Crippen molar-refractivity contribution in [2.45, 2.75) is 70.9 Å². The molecular weight excluding hydrogens is 285 g/mol. The van der Waals surface area contributed by atoms with Gasteiger partial charge in [-0.1, -0.05) is 58.6 Å². The molecule has 1 aromatic rings. The van der Waals surface area contributed by atoms with Crippen LogP contribution in [0.4, 0.5) is 13.2 Å². The molecule has 1 aromatic carbocycles. The molecular formula is C19H27F3. The van der Waals surface area contributed by atoms with Crippen molar-refractivity contribution in [2.24, 2.45) is 11.8 Å². The third-order valence-corrected chi connectivity index (χ3v) is 5.52. The van der Waals surface area contributed by atoms with E-state index in [0.29, 0.717) is 5.92 Å². The van der Waals surface area contributed by atoms with Crippen LogP contribution in [0.5, 0.6) is 0 Å². The van der Waals surface area contributed by atoms with Crippen LogP contribution in [0.15, 0.2) is 24.3 Å². The highest BCUT2D eigenvalue weighted by atomic mass is 19.4. The predicted octanol–water partition coefficient (Wildman–Crippen LogP) is 6.59. The molecule has 3 heteroatoms. The Labute approximate surface area is 132 Å². The lowest BCUT2D eigenvalue weighted by Gasteiger charge is -2.40. The minimum atomic E-state index is -4.25. The summed E-state index contributed by atoms with van der Waals surface area (Å²) in [5.41, 5.74) is 0.416. The fourth-order valence-corrected chi connectivity index (χ4v) is 3.91. The molecule has 124 valence electrons. The average Bonchev–Trinajstić information content (AvgIpc) is 2.47. The molecule has 0 N–H and O–H groups in total. The maximum atomic E-state index is 12.7. The van der Waals surface area contributed by atoms with Crippen molar-refractivity contribution >= 4 is 0 Å². The standard InChI is InChI=1S/C19H27F3/c1-4-5-14-6-8-15(9-7-14)18(2,3)16-10-12-17(13-11-16)19(20,21)22/h10-15H,4-9H2,1-3H3. The summed E-state index contributed by atoms with van der Waals surface area (Å²) in [7, 11) is 0. The number of hydrogen-bond acceptors (Lipinski definition) is 0. The Kier molecular flexibility index (Phi) is 5.24. The smallest absolute Gasteiger partial charge is 0.166 e. The van der Waals surface area contributed by atoms with E-state index in [2.05, 4.69) is 20.8 Å². The van der Waals surface area contributed by atoms with Crippen molar-refractivity contribution in [3.05, 3.63) is 35.4 Å². The number of rotatable bonds is 4. The van der Waals surface area contributed by atoms with Gasteiger partial charge in [0, 0.05) is 0 Å². The summed E-state index contributed by atoms with van der Waals surface area (Å²) < 4.78 is 38.1. The van der Waals surface area contributed by atoms with Gasteiger partial charge >= 0.3 is 6.18 Å². The van der Waals surface area contributed by atoms with Crippen LogP contribution in [0.2, 0.25) is 0 Å². The van der Waals surface area contributed by atoms with Gasteiger partial charge in [-0.25, -0.2) is 0 Å². The highest BCUT2D eigenvalue weighted by molar-refractivity contribution is 5.30. The van der Waals surface area contributed by atoms with E-state index in [-0.39, 0.29) is 5.41 Å². The van der Waals surface area contributed by atoms with Gasteiger partial charge < -0.3 is 0 Å². The van der Waals surface area contributed by atoms with Crippen LogP contribution in [0.25, 0.3) is 0 Å². The Morgan fingerprint density at radius 1 is 0.909 bits per heavy atom. The van der Waals surface area contributed by atoms with Crippen molar-refractivity contribution in [2.75, 3.05) is 0 Å². The molecule has 2 rings (SSSR count). The Morgan fingerprint density at radius 3 is 1.86 bits per heavy atom. The summed E-state index contributed by atoms with van der Waals surface area (Å²) in [5, 5.41) is 0. The fraction of sp³-hybridized carbons (Fsp3) is 0.684. The SMILES string of the molecule is CCCC1CCC(C(C)(C)c2ccc(C(F)(F)F)cc2)CC1. The van der Waals surface area contributed by atoms with Gasteiger partial charge in [0.2, 0.25) is 0 Å². The predicted molar refractivity (Wildman–Crippen MR) is 84.8 cm³/mol. The van der Waals surface area contributed by atoms with E-state index in [0.717, 1.165) is 11.5 Å². The Hall–Kier alpha value is -0.990. The van der Waals surface area contributed by atoms with Crippen LogP contribution in [0.1, 0.15) is 70.4 Å². The van der Waals surface area contributed by atoms with Crippen LogP contribution in [-0.2, 0) is 11.6 Å². The van der Waals surface area contributed by atoms with Crippen LogP contribution < -0.4 is 0 Å². The third kappa shape index (κ3) is 3.85. The van der Waals surface area contributed by atoms with Crippen molar-refractivity contribution in [1.82, 2.24) is 0 Å². The van der Waals surface area contributed by atoms with Gasteiger partial charge in [-0.2, -0.15) is 13.2 Å². The second-order valence-electron chi connectivity index (χ2n) is 7.30. The zero-order valence-corrected chi connectivity index (χ0v) is 13.8. The van der Waals surface area contributed by atoms with Gasteiger partial charge in [0.15, 0.2) is 0 Å². The molecule has 0 saturated heterocycles. The van der Waals surface area contributed by atoms with Crippen molar-refractivity contribution in [3.63, 3.8) is 0 Å². The highest BCUT2D eigenvalue weighted by Gasteiger charge is 2.35. The van der Waals surface area contributed by atoms with E-state index in [1.54, 1.807) is 12.1 Å². The van der Waals surface area contributed by atoms with Gasteiger partial charge in [0.1, 0.15) is 0 Å². The van der Waals surface area contributed by atoms with E-state index < -0.39 is 11.7 Å². The Bertz CT molecular complexity index is 462. The molecule has 0 nitrogen and oxygen atoms in total. The molecule has 0 unspecified atom stereocenters. The quantitative estimate of drug-likeness (QED) is 0.588. The summed E-state index contributed by atoms with van der Waals surface area (Å²) in [6.07, 6.45) is 3.23. The lowest BCUT2D eigenvalue weighted by Crippen LogP contribution is -2.32. The molecule has 0 amide bonds. The van der Waals surface area contributed by atoms with Crippen LogP contribution >= 0.6 is 0 Å². The molecule has 0 radical (unpaired) electrons. The highest BCUT2D eigenvalue weighted by Crippen LogP contribution is 2.43. The summed E-state index contributed by atoms with van der Waals surface area (Å²) in [6, 6.07) is 5.78. The van der Waals surface area contributed by atoms with Gasteiger partial charge in [0.05, 0.1) is 5.56 Å². The van der Waals surface area contributed by atoms with Crippen LogP contribution in [-0.4, -0.2) is 0 Å². The maximum absolute atomic E-state index is 12.7.